The molecule has 11 heteroatoms. The number of amides is 3. The summed E-state index contributed by atoms with van der Waals surface area (Å²) in [4.78, 5) is 25.3. The first-order chi connectivity index (χ1) is 13.4. The fourth-order valence-electron chi connectivity index (χ4n) is 3.10. The molecule has 0 radical (unpaired) electrons. The predicted octanol–water partition coefficient (Wildman–Crippen LogP) is 1.04. The van der Waals surface area contributed by atoms with Crippen LogP contribution < -0.4 is 20.5 Å². The number of benzene rings is 1. The normalized spacial score (nSPS) is 18.8. The summed E-state index contributed by atoms with van der Waals surface area (Å²) in [6, 6.07) is 4.03. The standard InChI is InChI=1S/C17H21FN6O4/c1-27-12-3-4-15(28-2)13(6-12)20-17(26)24-7-10(18)5-11(24)8-23-9-14(16(19)25)21-22-23/h3-4,6,9-11H,5,7-8H2,1-2H3,(H2,19,25)(H,20,26)/t10-,11-/m0/s1. The second-order valence-electron chi connectivity index (χ2n) is 6.33. The van der Waals surface area contributed by atoms with Crippen LogP contribution in [0.4, 0.5) is 14.9 Å². The van der Waals surface area contributed by atoms with E-state index in [0.717, 1.165) is 0 Å². The minimum atomic E-state index is -1.16. The molecular formula is C17H21FN6O4. The Morgan fingerprint density at radius 2 is 2.14 bits per heavy atom. The Kier molecular flexibility index (Phi) is 5.62. The lowest BCUT2D eigenvalue weighted by molar-refractivity contribution is 0.0995. The van der Waals surface area contributed by atoms with Crippen LogP contribution in [-0.4, -0.2) is 64.8 Å². The topological polar surface area (TPSA) is 125 Å². The number of nitrogens with zero attached hydrogens (tertiary/aromatic N) is 4. The Bertz CT molecular complexity index is 873. The smallest absolute Gasteiger partial charge is 0.322 e. The van der Waals surface area contributed by atoms with Crippen molar-refractivity contribution in [2.45, 2.75) is 25.2 Å². The number of aromatic nitrogens is 3. The Morgan fingerprint density at radius 3 is 2.79 bits per heavy atom. The molecule has 2 aromatic rings. The molecule has 0 saturated carbocycles. The summed E-state index contributed by atoms with van der Waals surface area (Å²) >= 11 is 0. The number of ether oxygens (including phenoxy) is 2. The van der Waals surface area contributed by atoms with Crippen LogP contribution in [0, 0.1) is 0 Å². The number of rotatable bonds is 6. The number of likely N-dealkylation sites (tertiary alicyclic amines) is 1. The molecule has 1 aliphatic heterocycles. The zero-order valence-electron chi connectivity index (χ0n) is 15.5. The predicted molar refractivity (Wildman–Crippen MR) is 97.1 cm³/mol. The van der Waals surface area contributed by atoms with Gasteiger partial charge in [-0.1, -0.05) is 5.21 Å². The van der Waals surface area contributed by atoms with E-state index in [1.807, 2.05) is 0 Å². The van der Waals surface area contributed by atoms with Crippen molar-refractivity contribution in [2.75, 3.05) is 26.1 Å². The zero-order valence-corrected chi connectivity index (χ0v) is 15.5. The van der Waals surface area contributed by atoms with Crippen LogP contribution in [0.3, 0.4) is 0 Å². The van der Waals surface area contributed by atoms with E-state index in [9.17, 15) is 14.0 Å². The Labute approximate surface area is 160 Å². The number of anilines is 1. The van der Waals surface area contributed by atoms with Gasteiger partial charge < -0.3 is 25.4 Å². The molecule has 1 aromatic carbocycles. The van der Waals surface area contributed by atoms with Gasteiger partial charge in [0.2, 0.25) is 0 Å². The number of primary amides is 1. The van der Waals surface area contributed by atoms with Gasteiger partial charge in [-0.15, -0.1) is 5.10 Å². The summed E-state index contributed by atoms with van der Waals surface area (Å²) in [5, 5.41) is 10.2. The molecule has 2 heterocycles. The third-order valence-electron chi connectivity index (χ3n) is 4.46. The molecule has 2 atom stereocenters. The molecule has 0 bridgehead atoms. The maximum absolute atomic E-state index is 14.0. The number of carbonyl (C=O) groups excluding carboxylic acids is 2. The van der Waals surface area contributed by atoms with Crippen molar-refractivity contribution < 1.29 is 23.5 Å². The first-order valence-corrected chi connectivity index (χ1v) is 8.55. The third kappa shape index (κ3) is 4.13. The summed E-state index contributed by atoms with van der Waals surface area (Å²) in [6.45, 7) is 0.128. The number of hydrogen-bond acceptors (Lipinski definition) is 6. The molecule has 3 rings (SSSR count). The maximum atomic E-state index is 14.0. The number of nitrogens with two attached hydrogens (primary N) is 1. The van der Waals surface area contributed by atoms with E-state index in [1.165, 1.54) is 30.0 Å². The summed E-state index contributed by atoms with van der Waals surface area (Å²) < 4.78 is 25.8. The second kappa shape index (κ2) is 8.11. The van der Waals surface area contributed by atoms with E-state index in [-0.39, 0.29) is 25.2 Å². The minimum Gasteiger partial charge on any atom is -0.497 e. The summed E-state index contributed by atoms with van der Waals surface area (Å²) in [6.07, 6.45) is 0.353. The van der Waals surface area contributed by atoms with Gasteiger partial charge in [-0.2, -0.15) is 0 Å². The van der Waals surface area contributed by atoms with E-state index < -0.39 is 24.2 Å². The molecule has 0 spiro atoms. The van der Waals surface area contributed by atoms with Gasteiger partial charge in [0, 0.05) is 12.5 Å². The molecule has 10 nitrogen and oxygen atoms in total. The van der Waals surface area contributed by atoms with Crippen LogP contribution in [0.25, 0.3) is 0 Å². The van der Waals surface area contributed by atoms with Gasteiger partial charge in [0.25, 0.3) is 5.91 Å². The van der Waals surface area contributed by atoms with Crippen LogP contribution in [-0.2, 0) is 6.54 Å². The van der Waals surface area contributed by atoms with Crippen LogP contribution in [0.1, 0.15) is 16.9 Å². The average Bonchev–Trinajstić information content (AvgIpc) is 3.28. The van der Waals surface area contributed by atoms with Crippen molar-refractivity contribution in [3.8, 4) is 11.5 Å². The summed E-state index contributed by atoms with van der Waals surface area (Å²) in [7, 11) is 2.99. The third-order valence-corrected chi connectivity index (χ3v) is 4.46. The van der Waals surface area contributed by atoms with Crippen LogP contribution in [0.2, 0.25) is 0 Å². The quantitative estimate of drug-likeness (QED) is 0.757. The van der Waals surface area contributed by atoms with Gasteiger partial charge in [0.1, 0.15) is 17.7 Å². The van der Waals surface area contributed by atoms with Crippen molar-refractivity contribution in [1.29, 1.82) is 0 Å². The van der Waals surface area contributed by atoms with Crippen LogP contribution in [0.5, 0.6) is 11.5 Å². The van der Waals surface area contributed by atoms with Crippen molar-refractivity contribution >= 4 is 17.6 Å². The van der Waals surface area contributed by atoms with E-state index in [4.69, 9.17) is 15.2 Å². The van der Waals surface area contributed by atoms with Gasteiger partial charge in [0.05, 0.1) is 45.2 Å². The Balaban J connectivity index is 1.74. The van der Waals surface area contributed by atoms with Crippen LogP contribution >= 0.6 is 0 Å². The Hall–Kier alpha value is -3.37. The number of methoxy groups -OCH3 is 2. The van der Waals surface area contributed by atoms with Gasteiger partial charge in [0.15, 0.2) is 5.69 Å². The number of hydrogen-bond donors (Lipinski definition) is 2. The monoisotopic (exact) mass is 392 g/mol. The molecule has 3 N–H and O–H groups in total. The van der Waals surface area contributed by atoms with Gasteiger partial charge in [-0.05, 0) is 12.1 Å². The minimum absolute atomic E-state index is 0.00640. The summed E-state index contributed by atoms with van der Waals surface area (Å²) in [5.74, 6) is 0.281. The molecule has 1 saturated heterocycles. The van der Waals surface area contributed by atoms with Gasteiger partial charge in [-0.25, -0.2) is 13.9 Å². The molecule has 0 aliphatic carbocycles. The number of carbonyl (C=O) groups is 2. The highest BCUT2D eigenvalue weighted by molar-refractivity contribution is 5.92. The highest BCUT2D eigenvalue weighted by Crippen LogP contribution is 2.30. The van der Waals surface area contributed by atoms with Gasteiger partial charge >= 0.3 is 6.03 Å². The molecule has 3 amide bonds. The number of alkyl halides is 1. The lowest BCUT2D eigenvalue weighted by atomic mass is 10.2. The molecule has 0 unspecified atom stereocenters. The fraction of sp³-hybridized carbons (Fsp3) is 0.412. The molecule has 1 aromatic heterocycles. The van der Waals surface area contributed by atoms with Crippen molar-refractivity contribution in [1.82, 2.24) is 19.9 Å². The highest BCUT2D eigenvalue weighted by atomic mass is 19.1. The molecule has 1 fully saturated rings. The van der Waals surface area contributed by atoms with E-state index in [0.29, 0.717) is 17.2 Å². The SMILES string of the molecule is COc1ccc(OC)c(NC(=O)N2C[C@@H](F)C[C@H]2Cn2cc(C(N)=O)nn2)c1. The molecular weight excluding hydrogens is 371 g/mol. The maximum Gasteiger partial charge on any atom is 0.322 e. The lowest BCUT2D eigenvalue weighted by Crippen LogP contribution is -2.41. The van der Waals surface area contributed by atoms with E-state index in [2.05, 4.69) is 15.6 Å². The van der Waals surface area contributed by atoms with Gasteiger partial charge in [-0.3, -0.25) is 4.79 Å². The van der Waals surface area contributed by atoms with Crippen LogP contribution in [0.15, 0.2) is 24.4 Å². The fourth-order valence-corrected chi connectivity index (χ4v) is 3.10. The molecule has 1 aliphatic rings. The largest absolute Gasteiger partial charge is 0.497 e. The van der Waals surface area contributed by atoms with Crippen molar-refractivity contribution in [2.24, 2.45) is 5.73 Å². The Morgan fingerprint density at radius 1 is 1.36 bits per heavy atom. The van der Waals surface area contributed by atoms with E-state index >= 15 is 0 Å². The number of urea groups is 1. The average molecular weight is 392 g/mol. The first-order valence-electron chi connectivity index (χ1n) is 8.55. The lowest BCUT2D eigenvalue weighted by Gasteiger charge is -2.25. The summed E-state index contributed by atoms with van der Waals surface area (Å²) in [5.41, 5.74) is 5.57. The first kappa shape index (κ1) is 19.4. The van der Waals surface area contributed by atoms with Crippen molar-refractivity contribution in [3.05, 3.63) is 30.1 Å². The zero-order chi connectivity index (χ0) is 20.3. The number of halogens is 1. The molecule has 28 heavy (non-hydrogen) atoms. The number of nitrogens with one attached hydrogen (secondary N) is 1. The highest BCUT2D eigenvalue weighted by Gasteiger charge is 2.36. The van der Waals surface area contributed by atoms with Crippen molar-refractivity contribution in [3.63, 3.8) is 0 Å². The second-order valence-corrected chi connectivity index (χ2v) is 6.33. The van der Waals surface area contributed by atoms with E-state index in [1.54, 1.807) is 18.2 Å². The molecule has 150 valence electrons.